The third kappa shape index (κ3) is 4.50. The number of imidazole rings is 1. The second-order valence-electron chi connectivity index (χ2n) is 14.0. The van der Waals surface area contributed by atoms with Gasteiger partial charge in [0.2, 0.25) is 0 Å². The van der Waals surface area contributed by atoms with Crippen molar-refractivity contribution in [1.29, 1.82) is 0 Å². The van der Waals surface area contributed by atoms with E-state index in [1.807, 2.05) is 48.7 Å². The van der Waals surface area contributed by atoms with E-state index in [1.54, 1.807) is 0 Å². The Bertz CT molecular complexity index is 2820. The largest absolute Gasteiger partial charge is 0.457 e. The van der Waals surface area contributed by atoms with Gasteiger partial charge in [-0.05, 0) is 83.9 Å². The molecule has 0 saturated heterocycles. The van der Waals surface area contributed by atoms with Crippen LogP contribution in [0.3, 0.4) is 0 Å². The number of pyridine rings is 1. The molecule has 0 unspecified atom stereocenters. The monoisotopic (exact) mass is 673 g/mol. The van der Waals surface area contributed by atoms with Crippen LogP contribution >= 0.6 is 0 Å². The number of hydrogen-bond donors (Lipinski definition) is 0. The van der Waals surface area contributed by atoms with Crippen molar-refractivity contribution < 1.29 is 4.74 Å². The van der Waals surface area contributed by atoms with Gasteiger partial charge in [0.15, 0.2) is 0 Å². The zero-order valence-electron chi connectivity index (χ0n) is 29.2. The third-order valence-electron chi connectivity index (χ3n) is 10.6. The van der Waals surface area contributed by atoms with Crippen LogP contribution in [0.25, 0.3) is 50.0 Å². The lowest BCUT2D eigenvalue weighted by Gasteiger charge is -2.42. The smallest absolute Gasteiger partial charge is 0.140 e. The second-order valence-corrected chi connectivity index (χ2v) is 14.0. The van der Waals surface area contributed by atoms with E-state index < -0.39 is 0 Å². The highest BCUT2D eigenvalue weighted by atomic mass is 16.5. The summed E-state index contributed by atoms with van der Waals surface area (Å²) in [5.41, 5.74) is 11.0. The summed E-state index contributed by atoms with van der Waals surface area (Å²) in [6.45, 7) is 4.68. The number of para-hydroxylation sites is 4. The Balaban J connectivity index is 1.18. The fourth-order valence-corrected chi connectivity index (χ4v) is 8.15. The Morgan fingerprint density at radius 1 is 0.615 bits per heavy atom. The molecule has 9 aromatic rings. The molecule has 3 aromatic heterocycles. The maximum absolute atomic E-state index is 6.65. The lowest BCUT2D eigenvalue weighted by atomic mass is 9.73. The van der Waals surface area contributed by atoms with Crippen molar-refractivity contribution in [2.75, 3.05) is 4.90 Å². The van der Waals surface area contributed by atoms with Gasteiger partial charge in [-0.3, -0.25) is 4.57 Å². The molecule has 0 amide bonds. The summed E-state index contributed by atoms with van der Waals surface area (Å²) >= 11 is 0. The van der Waals surface area contributed by atoms with Crippen molar-refractivity contribution >= 4 is 49.9 Å². The first-order valence-electron chi connectivity index (χ1n) is 17.6. The van der Waals surface area contributed by atoms with Gasteiger partial charge in [0.05, 0.1) is 33.4 Å². The average Bonchev–Trinajstić information content (AvgIpc) is 3.70. The van der Waals surface area contributed by atoms with Crippen LogP contribution in [0.1, 0.15) is 25.0 Å². The lowest BCUT2D eigenvalue weighted by molar-refractivity contribution is 0.483. The van der Waals surface area contributed by atoms with Gasteiger partial charge in [0.25, 0.3) is 0 Å². The summed E-state index contributed by atoms with van der Waals surface area (Å²) in [6.07, 6.45) is 1.86. The topological polar surface area (TPSA) is 48.1 Å². The van der Waals surface area contributed by atoms with E-state index >= 15 is 0 Å². The number of anilines is 3. The summed E-state index contributed by atoms with van der Waals surface area (Å²) in [7, 11) is 2.06. The van der Waals surface area contributed by atoms with Gasteiger partial charge in [-0.15, -0.1) is 0 Å². The minimum atomic E-state index is -0.224. The summed E-state index contributed by atoms with van der Waals surface area (Å²) in [6, 6.07) is 53.0. The van der Waals surface area contributed by atoms with Crippen LogP contribution in [-0.2, 0) is 12.5 Å². The Morgan fingerprint density at radius 2 is 1.40 bits per heavy atom. The molecule has 0 radical (unpaired) electrons. The maximum atomic E-state index is 6.65. The minimum absolute atomic E-state index is 0.224. The molecule has 0 aliphatic carbocycles. The molecule has 6 nitrogen and oxygen atoms in total. The minimum Gasteiger partial charge on any atom is -0.457 e. The summed E-state index contributed by atoms with van der Waals surface area (Å²) in [5.74, 6) is 3.24. The lowest BCUT2D eigenvalue weighted by Crippen LogP contribution is -2.30. The molecular weight excluding hydrogens is 639 g/mol. The molecule has 250 valence electrons. The molecule has 0 bridgehead atoms. The normalized spacial score (nSPS) is 13.4. The van der Waals surface area contributed by atoms with Crippen molar-refractivity contribution in [3.05, 3.63) is 169 Å². The molecule has 4 heterocycles. The molecular formula is C46H35N5O. The molecule has 0 saturated carbocycles. The van der Waals surface area contributed by atoms with Crippen LogP contribution in [0.2, 0.25) is 0 Å². The number of aryl methyl sites for hydroxylation is 1. The van der Waals surface area contributed by atoms with Gasteiger partial charge in [0, 0.05) is 46.7 Å². The maximum Gasteiger partial charge on any atom is 0.140 e. The van der Waals surface area contributed by atoms with Crippen LogP contribution < -0.4 is 9.64 Å². The molecule has 52 heavy (non-hydrogen) atoms. The zero-order chi connectivity index (χ0) is 35.0. The molecule has 0 atom stereocenters. The van der Waals surface area contributed by atoms with Gasteiger partial charge in [-0.2, -0.15) is 0 Å². The van der Waals surface area contributed by atoms with E-state index in [0.717, 1.165) is 61.8 Å². The fourth-order valence-electron chi connectivity index (χ4n) is 8.15. The molecule has 0 fully saturated rings. The molecule has 1 aliphatic rings. The molecule has 1 aliphatic heterocycles. The van der Waals surface area contributed by atoms with Crippen molar-refractivity contribution in [3.8, 4) is 28.7 Å². The van der Waals surface area contributed by atoms with Crippen molar-refractivity contribution in [1.82, 2.24) is 19.1 Å². The van der Waals surface area contributed by atoms with Gasteiger partial charge >= 0.3 is 0 Å². The molecule has 6 aromatic carbocycles. The summed E-state index contributed by atoms with van der Waals surface area (Å²) in [5, 5.41) is 2.31. The predicted octanol–water partition coefficient (Wildman–Crippen LogP) is 11.6. The first-order valence-corrected chi connectivity index (χ1v) is 17.6. The number of benzene rings is 6. The predicted molar refractivity (Wildman–Crippen MR) is 212 cm³/mol. The van der Waals surface area contributed by atoms with Crippen molar-refractivity contribution in [3.63, 3.8) is 0 Å². The highest BCUT2D eigenvalue weighted by Gasteiger charge is 2.38. The number of fused-ring (bicyclic) bond motifs is 7. The van der Waals surface area contributed by atoms with E-state index in [2.05, 4.69) is 144 Å². The van der Waals surface area contributed by atoms with E-state index in [-0.39, 0.29) is 5.41 Å². The highest BCUT2D eigenvalue weighted by Crippen LogP contribution is 2.55. The first kappa shape index (κ1) is 30.2. The van der Waals surface area contributed by atoms with Gasteiger partial charge in [-0.25, -0.2) is 9.97 Å². The highest BCUT2D eigenvalue weighted by molar-refractivity contribution is 6.18. The van der Waals surface area contributed by atoms with E-state index in [9.17, 15) is 0 Å². The average molecular weight is 674 g/mol. The van der Waals surface area contributed by atoms with Crippen LogP contribution in [-0.4, -0.2) is 19.1 Å². The molecule has 10 rings (SSSR count). The Hall–Kier alpha value is -6.66. The van der Waals surface area contributed by atoms with E-state index in [0.29, 0.717) is 0 Å². The van der Waals surface area contributed by atoms with Crippen LogP contribution in [0, 0.1) is 0 Å². The number of nitrogens with zero attached hydrogens (tertiary/aromatic N) is 5. The summed E-state index contributed by atoms with van der Waals surface area (Å²) in [4.78, 5) is 12.2. The van der Waals surface area contributed by atoms with E-state index in [1.165, 1.54) is 27.9 Å². The Morgan fingerprint density at radius 3 is 2.25 bits per heavy atom. The van der Waals surface area contributed by atoms with Gasteiger partial charge < -0.3 is 14.2 Å². The quantitative estimate of drug-likeness (QED) is 0.182. The number of hydrogen-bond acceptors (Lipinski definition) is 4. The SMILES string of the molecule is Cn1c(-c2cccc(Oc3ccc4c5c6c(ccc5n(-c5ccccn5)c4c3)C(C)(C)c3ccccc3N6c3ccccc3)c2)nc2ccccc21. The van der Waals surface area contributed by atoms with Crippen molar-refractivity contribution in [2.45, 2.75) is 19.3 Å². The van der Waals surface area contributed by atoms with Crippen LogP contribution in [0.5, 0.6) is 11.5 Å². The Labute approximate surface area is 301 Å². The van der Waals surface area contributed by atoms with Gasteiger partial charge in [-0.1, -0.05) is 86.6 Å². The van der Waals surface area contributed by atoms with E-state index in [4.69, 9.17) is 14.7 Å². The second kappa shape index (κ2) is 11.4. The third-order valence-corrected chi connectivity index (χ3v) is 10.6. The number of rotatable bonds is 5. The Kier molecular flexibility index (Phi) is 6.64. The van der Waals surface area contributed by atoms with Crippen LogP contribution in [0.15, 0.2) is 158 Å². The zero-order valence-corrected chi connectivity index (χ0v) is 29.2. The number of ether oxygens (including phenoxy) is 1. The fraction of sp³-hybridized carbons (Fsp3) is 0.0870. The molecule has 0 N–H and O–H groups in total. The molecule has 6 heteroatoms. The first-order chi connectivity index (χ1) is 25.5. The van der Waals surface area contributed by atoms with Gasteiger partial charge in [0.1, 0.15) is 23.1 Å². The summed E-state index contributed by atoms with van der Waals surface area (Å²) < 4.78 is 11.0. The van der Waals surface area contributed by atoms with Crippen molar-refractivity contribution in [2.24, 2.45) is 7.05 Å². The molecule has 0 spiro atoms. The van der Waals surface area contributed by atoms with Crippen LogP contribution in [0.4, 0.5) is 17.1 Å². The standard InChI is InChI=1S/C46H35N5O/c1-46(2)35-18-7-9-20-38(35)50(31-15-5-4-6-16-31)44-36(46)25-26-40-43(44)34-24-23-33(29-41(34)51(40)42-22-11-12-27-47-42)52-32-17-13-14-30(28-32)45-48-37-19-8-10-21-39(37)49(45)3/h4-29H,1-3H3. The number of aromatic nitrogens is 4.